The van der Waals surface area contributed by atoms with Crippen molar-refractivity contribution in [2.24, 2.45) is 4.99 Å². The van der Waals surface area contributed by atoms with Crippen molar-refractivity contribution in [1.29, 1.82) is 0 Å². The van der Waals surface area contributed by atoms with Crippen LogP contribution in [0.1, 0.15) is 56.7 Å². The summed E-state index contributed by atoms with van der Waals surface area (Å²) in [5.74, 6) is 0.671. The molecule has 0 radical (unpaired) electrons. The van der Waals surface area contributed by atoms with Gasteiger partial charge in [-0.3, -0.25) is 19.7 Å². The van der Waals surface area contributed by atoms with Crippen molar-refractivity contribution in [3.63, 3.8) is 0 Å². The standard InChI is InChI=1S/C25H33N5O7/c1-15(2)26-13-19-21(31)10-18(34-3)11-22(19)35-14-24(32)27-23-12-20(28-29-23)16-5-6-17(9-16)37-25(33)30-7-4-8-36-30/h10-13,15-17,31H,4-9,14H2,1-3H3,(H2,27,28,29,32)/t16?,17-/m1/s1. The van der Waals surface area contributed by atoms with Gasteiger partial charge < -0.3 is 24.6 Å². The minimum absolute atomic E-state index is 0.0211. The topological polar surface area (TPSA) is 148 Å². The second-order valence-corrected chi connectivity index (χ2v) is 9.28. The number of anilines is 1. The lowest BCUT2D eigenvalue weighted by Crippen LogP contribution is -2.30. The number of hydrogen-bond acceptors (Lipinski definition) is 9. The van der Waals surface area contributed by atoms with Crippen molar-refractivity contribution in [3.8, 4) is 17.2 Å². The fourth-order valence-electron chi connectivity index (χ4n) is 4.23. The van der Waals surface area contributed by atoms with Gasteiger partial charge in [0.05, 0.1) is 25.8 Å². The van der Waals surface area contributed by atoms with Crippen LogP contribution in [0.5, 0.6) is 17.2 Å². The molecular weight excluding hydrogens is 482 g/mol. The number of amides is 2. The number of aliphatic imine (C=N–C) groups is 1. The Morgan fingerprint density at radius 3 is 2.92 bits per heavy atom. The molecule has 1 saturated carbocycles. The highest BCUT2D eigenvalue weighted by Gasteiger charge is 2.32. The lowest BCUT2D eigenvalue weighted by atomic mass is 10.0. The van der Waals surface area contributed by atoms with Gasteiger partial charge in [-0.2, -0.15) is 10.2 Å². The first-order valence-electron chi connectivity index (χ1n) is 12.4. The second kappa shape index (κ2) is 12.0. The number of aromatic nitrogens is 2. The van der Waals surface area contributed by atoms with E-state index in [0.29, 0.717) is 36.7 Å². The Morgan fingerprint density at radius 2 is 2.19 bits per heavy atom. The molecule has 1 unspecified atom stereocenters. The average molecular weight is 516 g/mol. The molecule has 200 valence electrons. The molecule has 2 fully saturated rings. The SMILES string of the molecule is COc1cc(O)c(C=NC(C)C)c(OCC(=O)Nc2cc(C3CC[C@@H](OC(=O)N4CCCO4)C3)[nH]n2)c1. The van der Waals surface area contributed by atoms with Gasteiger partial charge in [0.25, 0.3) is 5.91 Å². The van der Waals surface area contributed by atoms with Crippen LogP contribution in [0, 0.1) is 0 Å². The summed E-state index contributed by atoms with van der Waals surface area (Å²) in [6.45, 7) is 4.59. The van der Waals surface area contributed by atoms with Gasteiger partial charge >= 0.3 is 6.09 Å². The van der Waals surface area contributed by atoms with Crippen LogP contribution in [-0.4, -0.2) is 77.6 Å². The van der Waals surface area contributed by atoms with E-state index in [4.69, 9.17) is 19.0 Å². The van der Waals surface area contributed by atoms with Crippen LogP contribution in [0.25, 0.3) is 0 Å². The van der Waals surface area contributed by atoms with Gasteiger partial charge in [0.2, 0.25) is 0 Å². The van der Waals surface area contributed by atoms with E-state index in [0.717, 1.165) is 25.0 Å². The molecule has 4 rings (SSSR count). The number of ether oxygens (including phenoxy) is 3. The lowest BCUT2D eigenvalue weighted by Gasteiger charge is -2.17. The Morgan fingerprint density at radius 1 is 1.35 bits per heavy atom. The number of aromatic amines is 1. The van der Waals surface area contributed by atoms with Gasteiger partial charge in [0, 0.05) is 42.1 Å². The maximum absolute atomic E-state index is 12.5. The lowest BCUT2D eigenvalue weighted by molar-refractivity contribution is -0.118. The number of phenolic OH excluding ortho intramolecular Hbond substituents is 1. The van der Waals surface area contributed by atoms with E-state index in [-0.39, 0.29) is 36.2 Å². The largest absolute Gasteiger partial charge is 0.507 e. The summed E-state index contributed by atoms with van der Waals surface area (Å²) in [5.41, 5.74) is 1.22. The van der Waals surface area contributed by atoms with Crippen molar-refractivity contribution in [2.45, 2.75) is 57.6 Å². The number of hydrogen-bond donors (Lipinski definition) is 3. The van der Waals surface area contributed by atoms with Crippen molar-refractivity contribution in [1.82, 2.24) is 15.3 Å². The van der Waals surface area contributed by atoms with Crippen LogP contribution in [0.3, 0.4) is 0 Å². The molecule has 0 spiro atoms. The monoisotopic (exact) mass is 515 g/mol. The Hall–Kier alpha value is -3.80. The number of nitrogens with one attached hydrogen (secondary N) is 2. The van der Waals surface area contributed by atoms with Crippen LogP contribution < -0.4 is 14.8 Å². The first-order chi connectivity index (χ1) is 17.8. The smallest absolute Gasteiger partial charge is 0.434 e. The molecule has 1 aliphatic carbocycles. The fraction of sp³-hybridized carbons (Fsp3) is 0.520. The number of carbonyl (C=O) groups is 2. The quantitative estimate of drug-likeness (QED) is 0.431. The Balaban J connectivity index is 1.30. The van der Waals surface area contributed by atoms with Gasteiger partial charge in [-0.25, -0.2) is 4.79 Å². The zero-order valence-corrected chi connectivity index (χ0v) is 21.2. The Labute approximate surface area is 214 Å². The van der Waals surface area contributed by atoms with E-state index >= 15 is 0 Å². The van der Waals surface area contributed by atoms with Crippen LogP contribution in [0.2, 0.25) is 0 Å². The summed E-state index contributed by atoms with van der Waals surface area (Å²) in [7, 11) is 1.47. The normalized spacial score (nSPS) is 19.5. The summed E-state index contributed by atoms with van der Waals surface area (Å²) in [4.78, 5) is 34.2. The number of H-pyrrole nitrogens is 1. The summed E-state index contributed by atoms with van der Waals surface area (Å²) >= 11 is 0. The zero-order valence-electron chi connectivity index (χ0n) is 21.2. The van der Waals surface area contributed by atoms with E-state index in [1.807, 2.05) is 13.8 Å². The van der Waals surface area contributed by atoms with Gasteiger partial charge in [0.1, 0.15) is 23.4 Å². The van der Waals surface area contributed by atoms with E-state index < -0.39 is 12.0 Å². The molecule has 12 nitrogen and oxygen atoms in total. The molecule has 1 saturated heterocycles. The minimum atomic E-state index is -0.441. The summed E-state index contributed by atoms with van der Waals surface area (Å²) in [6.07, 6.45) is 3.93. The van der Waals surface area contributed by atoms with Crippen LogP contribution in [0.15, 0.2) is 23.2 Å². The number of methoxy groups -OCH3 is 1. The maximum atomic E-state index is 12.5. The summed E-state index contributed by atoms with van der Waals surface area (Å²) in [6, 6.07) is 4.83. The molecule has 1 aliphatic heterocycles. The van der Waals surface area contributed by atoms with Gasteiger partial charge in [0.15, 0.2) is 12.4 Å². The van der Waals surface area contributed by atoms with E-state index in [9.17, 15) is 14.7 Å². The minimum Gasteiger partial charge on any atom is -0.507 e. The van der Waals surface area contributed by atoms with Crippen molar-refractivity contribution >= 4 is 24.0 Å². The third-order valence-electron chi connectivity index (χ3n) is 6.10. The van der Waals surface area contributed by atoms with Crippen molar-refractivity contribution in [2.75, 3.05) is 32.2 Å². The molecule has 0 bridgehead atoms. The van der Waals surface area contributed by atoms with Gasteiger partial charge in [-0.05, 0) is 39.5 Å². The molecule has 1 aromatic carbocycles. The Kier molecular flexibility index (Phi) is 8.49. The molecule has 2 heterocycles. The average Bonchev–Trinajstić information content (AvgIpc) is 3.63. The molecule has 2 aliphatic rings. The highest BCUT2D eigenvalue weighted by Crippen LogP contribution is 2.36. The third-order valence-corrected chi connectivity index (χ3v) is 6.10. The molecule has 12 heteroatoms. The second-order valence-electron chi connectivity index (χ2n) is 9.28. The molecule has 2 amide bonds. The maximum Gasteiger partial charge on any atom is 0.434 e. The Bertz CT molecular complexity index is 1130. The number of carbonyl (C=O) groups excluding carboxylic acids is 2. The predicted molar refractivity (Wildman–Crippen MR) is 134 cm³/mol. The van der Waals surface area contributed by atoms with E-state index in [2.05, 4.69) is 20.5 Å². The van der Waals surface area contributed by atoms with Gasteiger partial charge in [-0.1, -0.05) is 0 Å². The van der Waals surface area contributed by atoms with Gasteiger partial charge in [-0.15, -0.1) is 0 Å². The fourth-order valence-corrected chi connectivity index (χ4v) is 4.23. The number of phenols is 1. The highest BCUT2D eigenvalue weighted by molar-refractivity contribution is 5.92. The zero-order chi connectivity index (χ0) is 26.4. The molecule has 1 aromatic heterocycles. The predicted octanol–water partition coefficient (Wildman–Crippen LogP) is 3.38. The number of aromatic hydroxyl groups is 1. The number of nitrogens with zero attached hydrogens (tertiary/aromatic N) is 3. The highest BCUT2D eigenvalue weighted by atomic mass is 16.7. The van der Waals surface area contributed by atoms with Crippen LogP contribution in [-0.2, 0) is 14.4 Å². The van der Waals surface area contributed by atoms with Crippen LogP contribution >= 0.6 is 0 Å². The van der Waals surface area contributed by atoms with Crippen molar-refractivity contribution in [3.05, 3.63) is 29.5 Å². The molecular formula is C25H33N5O7. The first-order valence-corrected chi connectivity index (χ1v) is 12.4. The number of rotatable bonds is 9. The number of hydroxylamine groups is 2. The first kappa shape index (κ1) is 26.3. The van der Waals surface area contributed by atoms with E-state index in [1.54, 1.807) is 12.1 Å². The summed E-state index contributed by atoms with van der Waals surface area (Å²) < 4.78 is 16.4. The molecule has 2 aromatic rings. The number of benzene rings is 1. The molecule has 2 atom stereocenters. The van der Waals surface area contributed by atoms with Crippen molar-refractivity contribution < 1.29 is 33.7 Å². The molecule has 37 heavy (non-hydrogen) atoms. The van der Waals surface area contributed by atoms with Crippen LogP contribution in [0.4, 0.5) is 10.6 Å². The third kappa shape index (κ3) is 6.91. The van der Waals surface area contributed by atoms with E-state index in [1.165, 1.54) is 24.5 Å². The summed E-state index contributed by atoms with van der Waals surface area (Å²) in [5, 5.41) is 21.5. The molecule has 3 N–H and O–H groups in total.